The third-order valence-corrected chi connectivity index (χ3v) is 3.12. The highest BCUT2D eigenvalue weighted by Crippen LogP contribution is 2.12. The van der Waals surface area contributed by atoms with Gasteiger partial charge in [-0.05, 0) is 59.0 Å². The van der Waals surface area contributed by atoms with E-state index in [0.29, 0.717) is 0 Å². The molecule has 0 amide bonds. The average Bonchev–Trinajstić information content (AvgIpc) is 2.32. The second-order valence-corrected chi connectivity index (χ2v) is 5.03. The molecule has 0 saturated heterocycles. The van der Waals surface area contributed by atoms with Crippen molar-refractivity contribution in [2.75, 3.05) is 26.2 Å². The SMILES string of the molecule is C=CC[NH+](CC=C)CCOc1ccc(I)cc1. The Morgan fingerprint density at radius 2 is 1.71 bits per heavy atom. The molecule has 1 N–H and O–H groups in total. The van der Waals surface area contributed by atoms with Crippen LogP contribution in [0.15, 0.2) is 49.6 Å². The van der Waals surface area contributed by atoms with E-state index in [1.54, 1.807) is 0 Å². The molecule has 1 rings (SSSR count). The number of quaternary nitrogens is 1. The summed E-state index contributed by atoms with van der Waals surface area (Å²) in [5.74, 6) is 0.932. The number of halogens is 1. The van der Waals surface area contributed by atoms with Crippen LogP contribution in [0.5, 0.6) is 5.75 Å². The van der Waals surface area contributed by atoms with E-state index in [9.17, 15) is 0 Å². The van der Waals surface area contributed by atoms with Crippen molar-refractivity contribution in [1.29, 1.82) is 0 Å². The van der Waals surface area contributed by atoms with E-state index in [1.807, 2.05) is 36.4 Å². The molecular weight excluding hydrogens is 325 g/mol. The highest BCUT2D eigenvalue weighted by molar-refractivity contribution is 14.1. The number of ether oxygens (including phenoxy) is 1. The van der Waals surface area contributed by atoms with Gasteiger partial charge in [-0.25, -0.2) is 0 Å². The van der Waals surface area contributed by atoms with Crippen molar-refractivity contribution in [1.82, 2.24) is 0 Å². The predicted octanol–water partition coefficient (Wildman–Crippen LogP) is 1.93. The number of rotatable bonds is 8. The van der Waals surface area contributed by atoms with Crippen molar-refractivity contribution in [2.24, 2.45) is 0 Å². The molecular formula is C14H19INO+. The van der Waals surface area contributed by atoms with Gasteiger partial charge in [-0.2, -0.15) is 0 Å². The summed E-state index contributed by atoms with van der Waals surface area (Å²) in [5.41, 5.74) is 0. The smallest absolute Gasteiger partial charge is 0.137 e. The molecule has 0 aliphatic carbocycles. The molecule has 0 aromatic heterocycles. The predicted molar refractivity (Wildman–Crippen MR) is 80.6 cm³/mol. The second-order valence-electron chi connectivity index (χ2n) is 3.79. The molecule has 0 aliphatic rings. The molecule has 0 fully saturated rings. The minimum absolute atomic E-state index is 0.720. The van der Waals surface area contributed by atoms with Crippen LogP contribution < -0.4 is 9.64 Å². The van der Waals surface area contributed by atoms with E-state index in [4.69, 9.17) is 4.74 Å². The number of nitrogens with one attached hydrogen (secondary N) is 1. The Labute approximate surface area is 117 Å². The fourth-order valence-corrected chi connectivity index (χ4v) is 1.90. The molecule has 0 saturated carbocycles. The van der Waals surface area contributed by atoms with Crippen LogP contribution in [0, 0.1) is 3.57 Å². The maximum Gasteiger partial charge on any atom is 0.137 e. The zero-order valence-corrected chi connectivity index (χ0v) is 12.2. The molecule has 1 aromatic carbocycles. The summed E-state index contributed by atoms with van der Waals surface area (Å²) < 4.78 is 6.91. The summed E-state index contributed by atoms with van der Waals surface area (Å²) in [6, 6.07) is 8.10. The van der Waals surface area contributed by atoms with Gasteiger partial charge in [-0.15, -0.1) is 0 Å². The lowest BCUT2D eigenvalue weighted by Crippen LogP contribution is -3.12. The van der Waals surface area contributed by atoms with Crippen LogP contribution in [0.25, 0.3) is 0 Å². The summed E-state index contributed by atoms with van der Waals surface area (Å²) in [5, 5.41) is 0. The maximum absolute atomic E-state index is 5.69. The molecule has 0 unspecified atom stereocenters. The minimum Gasteiger partial charge on any atom is -0.488 e. The minimum atomic E-state index is 0.720. The van der Waals surface area contributed by atoms with Gasteiger partial charge in [-0.3, -0.25) is 0 Å². The summed E-state index contributed by atoms with van der Waals surface area (Å²) in [6.45, 7) is 11.1. The largest absolute Gasteiger partial charge is 0.488 e. The fraction of sp³-hybridized carbons (Fsp3) is 0.286. The Balaban J connectivity index is 2.32. The first-order valence-electron chi connectivity index (χ1n) is 5.70. The van der Waals surface area contributed by atoms with Crippen molar-refractivity contribution < 1.29 is 9.64 Å². The van der Waals surface area contributed by atoms with E-state index in [0.717, 1.165) is 32.0 Å². The zero-order chi connectivity index (χ0) is 12.5. The Bertz CT molecular complexity index is 338. The number of benzene rings is 1. The van der Waals surface area contributed by atoms with Gasteiger partial charge in [0.15, 0.2) is 0 Å². The molecule has 0 aliphatic heterocycles. The molecule has 0 radical (unpaired) electrons. The topological polar surface area (TPSA) is 13.7 Å². The van der Waals surface area contributed by atoms with Crippen molar-refractivity contribution in [3.8, 4) is 5.75 Å². The highest BCUT2D eigenvalue weighted by Gasteiger charge is 2.04. The first-order chi connectivity index (χ1) is 8.26. The fourth-order valence-electron chi connectivity index (χ4n) is 1.54. The molecule has 92 valence electrons. The van der Waals surface area contributed by atoms with Gasteiger partial charge in [0.05, 0.1) is 13.1 Å². The van der Waals surface area contributed by atoms with Crippen LogP contribution >= 0.6 is 22.6 Å². The van der Waals surface area contributed by atoms with Crippen LogP contribution in [0.3, 0.4) is 0 Å². The molecule has 0 bridgehead atoms. The first kappa shape index (κ1) is 14.3. The van der Waals surface area contributed by atoms with Gasteiger partial charge in [0.25, 0.3) is 0 Å². The Kier molecular flexibility index (Phi) is 6.96. The molecule has 0 heterocycles. The van der Waals surface area contributed by atoms with E-state index < -0.39 is 0 Å². The third kappa shape index (κ3) is 5.89. The average molecular weight is 344 g/mol. The van der Waals surface area contributed by atoms with Crippen LogP contribution in [0.2, 0.25) is 0 Å². The number of hydrogen-bond donors (Lipinski definition) is 1. The van der Waals surface area contributed by atoms with Crippen LogP contribution in [0.4, 0.5) is 0 Å². The summed E-state index contributed by atoms with van der Waals surface area (Å²) >= 11 is 2.28. The first-order valence-corrected chi connectivity index (χ1v) is 6.78. The van der Waals surface area contributed by atoms with Crippen LogP contribution in [-0.4, -0.2) is 26.2 Å². The third-order valence-electron chi connectivity index (χ3n) is 2.40. The second kappa shape index (κ2) is 8.31. The maximum atomic E-state index is 5.69. The highest BCUT2D eigenvalue weighted by atomic mass is 127. The van der Waals surface area contributed by atoms with Crippen molar-refractivity contribution in [3.05, 3.63) is 53.1 Å². The van der Waals surface area contributed by atoms with Gasteiger partial charge in [-0.1, -0.05) is 13.2 Å². The van der Waals surface area contributed by atoms with Gasteiger partial charge < -0.3 is 9.64 Å². The zero-order valence-electron chi connectivity index (χ0n) is 9.99. The monoisotopic (exact) mass is 344 g/mol. The standard InChI is InChI=1S/C14H18INO/c1-3-9-16(10-4-2)11-12-17-14-7-5-13(15)6-8-14/h3-8H,1-2,9-12H2/p+1. The van der Waals surface area contributed by atoms with Gasteiger partial charge >= 0.3 is 0 Å². The molecule has 17 heavy (non-hydrogen) atoms. The Hall–Kier alpha value is -0.810. The Morgan fingerprint density at radius 1 is 1.12 bits per heavy atom. The summed E-state index contributed by atoms with van der Waals surface area (Å²) in [7, 11) is 0. The Morgan fingerprint density at radius 3 is 2.24 bits per heavy atom. The number of hydrogen-bond acceptors (Lipinski definition) is 1. The van der Waals surface area contributed by atoms with Gasteiger partial charge in [0.1, 0.15) is 18.9 Å². The molecule has 0 spiro atoms. The van der Waals surface area contributed by atoms with Crippen LogP contribution in [-0.2, 0) is 0 Å². The lowest BCUT2D eigenvalue weighted by atomic mass is 10.3. The molecule has 0 atom stereocenters. The summed E-state index contributed by atoms with van der Waals surface area (Å²) in [6.07, 6.45) is 3.87. The van der Waals surface area contributed by atoms with E-state index >= 15 is 0 Å². The van der Waals surface area contributed by atoms with Gasteiger partial charge in [0, 0.05) is 3.57 Å². The van der Waals surface area contributed by atoms with Crippen molar-refractivity contribution in [3.63, 3.8) is 0 Å². The van der Waals surface area contributed by atoms with E-state index in [2.05, 4.69) is 35.7 Å². The quantitative estimate of drug-likeness (QED) is 0.562. The van der Waals surface area contributed by atoms with Gasteiger partial charge in [0.2, 0.25) is 0 Å². The van der Waals surface area contributed by atoms with E-state index in [-0.39, 0.29) is 0 Å². The van der Waals surface area contributed by atoms with Crippen molar-refractivity contribution >= 4 is 22.6 Å². The lowest BCUT2D eigenvalue weighted by Gasteiger charge is -2.16. The normalized spacial score (nSPS) is 10.2. The van der Waals surface area contributed by atoms with Crippen molar-refractivity contribution in [2.45, 2.75) is 0 Å². The molecule has 2 nitrogen and oxygen atoms in total. The summed E-state index contributed by atoms with van der Waals surface area (Å²) in [4.78, 5) is 1.42. The molecule has 1 aromatic rings. The molecule has 3 heteroatoms. The lowest BCUT2D eigenvalue weighted by molar-refractivity contribution is -0.888. The van der Waals surface area contributed by atoms with E-state index in [1.165, 1.54) is 8.47 Å². The van der Waals surface area contributed by atoms with Crippen LogP contribution in [0.1, 0.15) is 0 Å².